The lowest BCUT2D eigenvalue weighted by molar-refractivity contribution is 0.109. The Morgan fingerprint density at radius 2 is 2.00 bits per heavy atom. The van der Waals surface area contributed by atoms with Gasteiger partial charge in [-0.1, -0.05) is 30.3 Å². The molecule has 1 aromatic carbocycles. The lowest BCUT2D eigenvalue weighted by Gasteiger charge is -2.43. The fraction of sp³-hybridized carbons (Fsp3) is 0.538. The minimum atomic E-state index is 0.330. The number of hydrogen-bond acceptors (Lipinski definition) is 2. The van der Waals surface area contributed by atoms with Crippen LogP contribution in [0.5, 0.6) is 0 Å². The zero-order chi connectivity index (χ0) is 10.6. The van der Waals surface area contributed by atoms with E-state index >= 15 is 0 Å². The van der Waals surface area contributed by atoms with Gasteiger partial charge in [0, 0.05) is 31.7 Å². The molecule has 0 unspecified atom stereocenters. The van der Waals surface area contributed by atoms with E-state index in [-0.39, 0.29) is 0 Å². The summed E-state index contributed by atoms with van der Waals surface area (Å²) in [6.45, 7) is 5.91. The molecule has 1 aliphatic heterocycles. The predicted molar refractivity (Wildman–Crippen MR) is 62.1 cm³/mol. The molecule has 15 heavy (non-hydrogen) atoms. The van der Waals surface area contributed by atoms with Crippen LogP contribution >= 0.6 is 0 Å². The van der Waals surface area contributed by atoms with Crippen molar-refractivity contribution in [2.45, 2.75) is 18.8 Å². The molecular weight excluding hydrogens is 186 g/mol. The third-order valence-electron chi connectivity index (χ3n) is 3.24. The Kier molecular flexibility index (Phi) is 3.39. The minimum Gasteiger partial charge on any atom is -0.382 e. The Balaban J connectivity index is 2.02. The maximum atomic E-state index is 5.46. The first-order valence-corrected chi connectivity index (χ1v) is 5.71. The zero-order valence-electron chi connectivity index (χ0n) is 9.33. The van der Waals surface area contributed by atoms with Crippen LogP contribution in [0.2, 0.25) is 0 Å². The van der Waals surface area contributed by atoms with E-state index < -0.39 is 0 Å². The van der Waals surface area contributed by atoms with Crippen LogP contribution in [0.1, 0.15) is 18.9 Å². The zero-order valence-corrected chi connectivity index (χ0v) is 9.33. The van der Waals surface area contributed by atoms with Crippen molar-refractivity contribution in [3.05, 3.63) is 35.9 Å². The van der Waals surface area contributed by atoms with Gasteiger partial charge in [0.15, 0.2) is 0 Å². The summed E-state index contributed by atoms with van der Waals surface area (Å²) in [6.07, 6.45) is 1.12. The van der Waals surface area contributed by atoms with Gasteiger partial charge in [0.25, 0.3) is 0 Å². The summed E-state index contributed by atoms with van der Waals surface area (Å²) in [5.41, 5.74) is 1.78. The van der Waals surface area contributed by atoms with Crippen molar-refractivity contribution in [1.82, 2.24) is 5.32 Å². The smallest absolute Gasteiger partial charge is 0.0475 e. The molecule has 1 saturated heterocycles. The third-order valence-corrected chi connectivity index (χ3v) is 3.24. The Bertz CT molecular complexity index is 293. The average molecular weight is 205 g/mol. The molecular formula is C13H19NO. The van der Waals surface area contributed by atoms with Crippen molar-refractivity contribution < 1.29 is 4.74 Å². The first-order chi connectivity index (χ1) is 7.37. The van der Waals surface area contributed by atoms with Crippen molar-refractivity contribution >= 4 is 0 Å². The molecule has 1 fully saturated rings. The summed E-state index contributed by atoms with van der Waals surface area (Å²) in [4.78, 5) is 0. The molecule has 0 bridgehead atoms. The Morgan fingerprint density at radius 1 is 1.27 bits per heavy atom. The molecule has 0 atom stereocenters. The number of ether oxygens (including phenoxy) is 1. The Morgan fingerprint density at radius 3 is 2.53 bits per heavy atom. The number of hydrogen-bond donors (Lipinski definition) is 1. The second kappa shape index (κ2) is 4.77. The number of rotatable bonds is 5. The molecule has 1 aromatic rings. The predicted octanol–water partition coefficient (Wildman–Crippen LogP) is 1.95. The molecule has 0 amide bonds. The lowest BCUT2D eigenvalue weighted by atomic mass is 9.73. The normalized spacial score (nSPS) is 18.5. The topological polar surface area (TPSA) is 21.3 Å². The van der Waals surface area contributed by atoms with Gasteiger partial charge in [0.05, 0.1) is 0 Å². The monoisotopic (exact) mass is 205 g/mol. The van der Waals surface area contributed by atoms with Crippen molar-refractivity contribution in [3.63, 3.8) is 0 Å². The van der Waals surface area contributed by atoms with Crippen molar-refractivity contribution in [2.75, 3.05) is 26.3 Å². The summed E-state index contributed by atoms with van der Waals surface area (Å²) in [5.74, 6) is 0. The first-order valence-electron chi connectivity index (χ1n) is 5.71. The van der Waals surface area contributed by atoms with E-state index in [4.69, 9.17) is 4.74 Å². The van der Waals surface area contributed by atoms with Crippen molar-refractivity contribution in [2.24, 2.45) is 0 Å². The van der Waals surface area contributed by atoms with Crippen molar-refractivity contribution in [3.8, 4) is 0 Å². The van der Waals surface area contributed by atoms with Crippen LogP contribution in [0.25, 0.3) is 0 Å². The largest absolute Gasteiger partial charge is 0.382 e. The molecule has 1 heterocycles. The molecule has 0 saturated carbocycles. The number of benzene rings is 1. The molecule has 0 aromatic heterocycles. The maximum absolute atomic E-state index is 5.46. The Hall–Kier alpha value is -0.860. The lowest BCUT2D eigenvalue weighted by Crippen LogP contribution is -2.57. The van der Waals surface area contributed by atoms with Crippen LogP contribution in [-0.2, 0) is 10.2 Å². The summed E-state index contributed by atoms with van der Waals surface area (Å²) < 4.78 is 5.46. The van der Waals surface area contributed by atoms with E-state index in [0.717, 1.165) is 32.7 Å². The highest BCUT2D eigenvalue weighted by Crippen LogP contribution is 2.31. The van der Waals surface area contributed by atoms with E-state index in [1.165, 1.54) is 5.56 Å². The van der Waals surface area contributed by atoms with Crippen LogP contribution in [0.3, 0.4) is 0 Å². The number of nitrogens with one attached hydrogen (secondary N) is 1. The summed E-state index contributed by atoms with van der Waals surface area (Å²) in [7, 11) is 0. The second-order valence-electron chi connectivity index (χ2n) is 4.20. The fourth-order valence-corrected chi connectivity index (χ4v) is 2.16. The molecule has 2 rings (SSSR count). The Labute approximate surface area is 91.6 Å². The van der Waals surface area contributed by atoms with Crippen LogP contribution in [0.15, 0.2) is 30.3 Å². The third kappa shape index (κ3) is 2.21. The molecule has 0 aliphatic carbocycles. The van der Waals surface area contributed by atoms with Gasteiger partial charge in [-0.3, -0.25) is 0 Å². The van der Waals surface area contributed by atoms with Gasteiger partial charge in [0.1, 0.15) is 0 Å². The van der Waals surface area contributed by atoms with Crippen LogP contribution in [0, 0.1) is 0 Å². The van der Waals surface area contributed by atoms with Gasteiger partial charge >= 0.3 is 0 Å². The quantitative estimate of drug-likeness (QED) is 0.742. The van der Waals surface area contributed by atoms with E-state index in [0.29, 0.717) is 5.41 Å². The molecule has 0 spiro atoms. The van der Waals surface area contributed by atoms with E-state index in [1.54, 1.807) is 0 Å². The van der Waals surface area contributed by atoms with Crippen LogP contribution < -0.4 is 5.32 Å². The van der Waals surface area contributed by atoms with Crippen LogP contribution in [0.4, 0.5) is 0 Å². The maximum Gasteiger partial charge on any atom is 0.0475 e. The highest BCUT2D eigenvalue weighted by molar-refractivity contribution is 5.29. The van der Waals surface area contributed by atoms with Gasteiger partial charge in [-0.25, -0.2) is 0 Å². The van der Waals surface area contributed by atoms with Gasteiger partial charge in [0.2, 0.25) is 0 Å². The van der Waals surface area contributed by atoms with Gasteiger partial charge < -0.3 is 10.1 Å². The molecule has 2 nitrogen and oxygen atoms in total. The molecule has 1 N–H and O–H groups in total. The van der Waals surface area contributed by atoms with Crippen molar-refractivity contribution in [1.29, 1.82) is 0 Å². The summed E-state index contributed by atoms with van der Waals surface area (Å²) in [6, 6.07) is 10.8. The summed E-state index contributed by atoms with van der Waals surface area (Å²) in [5, 5.41) is 3.37. The van der Waals surface area contributed by atoms with E-state index in [1.807, 2.05) is 6.92 Å². The van der Waals surface area contributed by atoms with Gasteiger partial charge in [-0.2, -0.15) is 0 Å². The van der Waals surface area contributed by atoms with Gasteiger partial charge in [-0.05, 0) is 18.9 Å². The highest BCUT2D eigenvalue weighted by atomic mass is 16.5. The van der Waals surface area contributed by atoms with Crippen LogP contribution in [-0.4, -0.2) is 26.3 Å². The van der Waals surface area contributed by atoms with E-state index in [9.17, 15) is 0 Å². The summed E-state index contributed by atoms with van der Waals surface area (Å²) >= 11 is 0. The molecule has 1 aliphatic rings. The van der Waals surface area contributed by atoms with E-state index in [2.05, 4.69) is 35.6 Å². The molecule has 2 heteroatoms. The fourth-order valence-electron chi connectivity index (χ4n) is 2.16. The SMILES string of the molecule is CCOCCC1(c2ccccc2)CNC1. The average Bonchev–Trinajstić information content (AvgIpc) is 2.23. The first kappa shape index (κ1) is 10.7. The minimum absolute atomic E-state index is 0.330. The second-order valence-corrected chi connectivity index (χ2v) is 4.20. The van der Waals surface area contributed by atoms with Gasteiger partial charge in [-0.15, -0.1) is 0 Å². The molecule has 82 valence electrons. The molecule has 0 radical (unpaired) electrons. The highest BCUT2D eigenvalue weighted by Gasteiger charge is 2.37. The standard InChI is InChI=1S/C13H19NO/c1-2-15-9-8-13(10-14-11-13)12-6-4-3-5-7-12/h3-7,14H,2,8-11H2,1H3.